The molecule has 0 aliphatic carbocycles. The van der Waals surface area contributed by atoms with Crippen molar-refractivity contribution in [2.75, 3.05) is 19.6 Å². The molecule has 1 aromatic carbocycles. The third kappa shape index (κ3) is 4.57. The minimum atomic E-state index is -0.868. The zero-order valence-electron chi connectivity index (χ0n) is 14.0. The van der Waals surface area contributed by atoms with Crippen LogP contribution < -0.4 is 5.32 Å². The third-order valence-corrected chi connectivity index (χ3v) is 4.41. The fourth-order valence-electron chi connectivity index (χ4n) is 3.02. The zero-order valence-corrected chi connectivity index (χ0v) is 14.0. The molecule has 0 radical (unpaired) electrons. The van der Waals surface area contributed by atoms with Gasteiger partial charge in [-0.1, -0.05) is 18.2 Å². The van der Waals surface area contributed by atoms with E-state index in [0.29, 0.717) is 31.6 Å². The van der Waals surface area contributed by atoms with Crippen LogP contribution in [0.2, 0.25) is 0 Å². The topological polar surface area (TPSA) is 86.7 Å². The summed E-state index contributed by atoms with van der Waals surface area (Å²) in [6.07, 6.45) is 1.94. The number of hydrogen-bond donors (Lipinski definition) is 2. The first kappa shape index (κ1) is 18.0. The number of carbonyl (C=O) groups excluding carboxylic acids is 2. The maximum Gasteiger partial charge on any atom is 0.303 e. The molecule has 1 atom stereocenters. The van der Waals surface area contributed by atoms with Crippen molar-refractivity contribution < 1.29 is 19.5 Å². The Morgan fingerprint density at radius 2 is 1.96 bits per heavy atom. The zero-order chi connectivity index (χ0) is 17.6. The van der Waals surface area contributed by atoms with E-state index in [2.05, 4.69) is 5.32 Å². The van der Waals surface area contributed by atoms with Crippen LogP contribution in [0.25, 0.3) is 0 Å². The van der Waals surface area contributed by atoms with Crippen molar-refractivity contribution in [3.63, 3.8) is 0 Å². The van der Waals surface area contributed by atoms with Crippen molar-refractivity contribution in [2.24, 2.45) is 5.41 Å². The normalized spacial score (nSPS) is 20.5. The van der Waals surface area contributed by atoms with Gasteiger partial charge in [0.05, 0.1) is 5.41 Å². The van der Waals surface area contributed by atoms with Gasteiger partial charge in [0.15, 0.2) is 0 Å². The van der Waals surface area contributed by atoms with E-state index in [0.717, 1.165) is 12.8 Å². The number of likely N-dealkylation sites (tertiary alicyclic amines) is 1. The Morgan fingerprint density at radius 3 is 2.62 bits per heavy atom. The van der Waals surface area contributed by atoms with Crippen LogP contribution in [-0.2, 0) is 9.59 Å². The molecular weight excluding hydrogens is 308 g/mol. The maximum atomic E-state index is 12.6. The lowest BCUT2D eigenvalue weighted by Crippen LogP contribution is -2.52. The van der Waals surface area contributed by atoms with Crippen molar-refractivity contribution in [3.05, 3.63) is 35.9 Å². The highest BCUT2D eigenvalue weighted by Gasteiger charge is 2.39. The summed E-state index contributed by atoms with van der Waals surface area (Å²) in [5, 5.41) is 11.4. The van der Waals surface area contributed by atoms with E-state index < -0.39 is 11.4 Å². The van der Waals surface area contributed by atoms with E-state index in [4.69, 9.17) is 5.11 Å². The van der Waals surface area contributed by atoms with Crippen LogP contribution in [0.15, 0.2) is 30.3 Å². The number of aliphatic carboxylic acids is 1. The van der Waals surface area contributed by atoms with Crippen molar-refractivity contribution in [1.82, 2.24) is 10.2 Å². The van der Waals surface area contributed by atoms with Gasteiger partial charge in [-0.3, -0.25) is 14.4 Å². The number of amides is 2. The number of carboxylic acid groups (broad SMARTS) is 1. The number of nitrogens with one attached hydrogen (secondary N) is 1. The second kappa shape index (κ2) is 7.95. The summed E-state index contributed by atoms with van der Waals surface area (Å²) in [5.41, 5.74) is -0.00467. The number of hydrogen-bond acceptors (Lipinski definition) is 3. The highest BCUT2D eigenvalue weighted by molar-refractivity contribution is 5.95. The number of piperidine rings is 1. The average molecular weight is 332 g/mol. The van der Waals surface area contributed by atoms with Crippen LogP contribution in [0.5, 0.6) is 0 Å². The molecule has 6 heteroatoms. The number of rotatable bonds is 6. The van der Waals surface area contributed by atoms with Gasteiger partial charge in [0.1, 0.15) is 0 Å². The van der Waals surface area contributed by atoms with Crippen molar-refractivity contribution in [1.29, 1.82) is 0 Å². The van der Waals surface area contributed by atoms with Crippen LogP contribution in [0, 0.1) is 5.41 Å². The molecular formula is C18H24N2O4. The Balaban J connectivity index is 1.94. The maximum absolute atomic E-state index is 12.6. The lowest BCUT2D eigenvalue weighted by Gasteiger charge is -2.39. The Labute approximate surface area is 141 Å². The summed E-state index contributed by atoms with van der Waals surface area (Å²) < 4.78 is 0. The first-order valence-electron chi connectivity index (χ1n) is 8.27. The van der Waals surface area contributed by atoms with Crippen LogP contribution >= 0.6 is 0 Å². The monoisotopic (exact) mass is 332 g/mol. The van der Waals surface area contributed by atoms with Gasteiger partial charge in [0.25, 0.3) is 5.91 Å². The Hall–Kier alpha value is -2.37. The molecule has 1 aromatic rings. The predicted molar refractivity (Wildman–Crippen MR) is 89.6 cm³/mol. The number of nitrogens with zero attached hydrogens (tertiary/aromatic N) is 1. The lowest BCUT2D eigenvalue weighted by atomic mass is 9.80. The molecule has 1 aliphatic rings. The van der Waals surface area contributed by atoms with Gasteiger partial charge < -0.3 is 15.3 Å². The summed E-state index contributed by atoms with van der Waals surface area (Å²) in [5.74, 6) is -1.04. The standard InChI is InChI=1S/C18H24N2O4/c1-18(17(24)19-11-5-9-15(21)22)10-6-12-20(13-18)16(23)14-7-3-2-4-8-14/h2-4,7-8H,5-6,9-13H2,1H3,(H,19,24)(H,21,22). The molecule has 24 heavy (non-hydrogen) atoms. The van der Waals surface area contributed by atoms with E-state index in [-0.39, 0.29) is 18.2 Å². The van der Waals surface area contributed by atoms with Gasteiger partial charge in [-0.25, -0.2) is 0 Å². The van der Waals surface area contributed by atoms with Crippen molar-refractivity contribution >= 4 is 17.8 Å². The van der Waals surface area contributed by atoms with Gasteiger partial charge in [0, 0.05) is 31.6 Å². The Kier molecular flexibility index (Phi) is 5.95. The fraction of sp³-hybridized carbons (Fsp3) is 0.500. The van der Waals surface area contributed by atoms with Gasteiger partial charge >= 0.3 is 5.97 Å². The minimum Gasteiger partial charge on any atom is -0.481 e. The quantitative estimate of drug-likeness (QED) is 0.779. The SMILES string of the molecule is CC1(C(=O)NCCCC(=O)O)CCCN(C(=O)c2ccccc2)C1. The highest BCUT2D eigenvalue weighted by atomic mass is 16.4. The van der Waals surface area contributed by atoms with Crippen LogP contribution in [0.1, 0.15) is 43.0 Å². The molecule has 1 fully saturated rings. The molecule has 1 saturated heterocycles. The summed E-state index contributed by atoms with van der Waals surface area (Å²) in [4.78, 5) is 37.3. The summed E-state index contributed by atoms with van der Waals surface area (Å²) in [7, 11) is 0. The molecule has 2 N–H and O–H groups in total. The molecule has 2 rings (SSSR count). The fourth-order valence-corrected chi connectivity index (χ4v) is 3.02. The molecule has 130 valence electrons. The molecule has 2 amide bonds. The largest absolute Gasteiger partial charge is 0.481 e. The Bertz CT molecular complexity index is 602. The van der Waals surface area contributed by atoms with Gasteiger partial charge in [0.2, 0.25) is 5.91 Å². The predicted octanol–water partition coefficient (Wildman–Crippen LogP) is 1.91. The van der Waals surface area contributed by atoms with Gasteiger partial charge in [-0.2, -0.15) is 0 Å². The smallest absolute Gasteiger partial charge is 0.303 e. The molecule has 0 aromatic heterocycles. The molecule has 1 unspecified atom stereocenters. The first-order chi connectivity index (χ1) is 11.4. The average Bonchev–Trinajstić information content (AvgIpc) is 2.58. The van der Waals surface area contributed by atoms with Gasteiger partial charge in [-0.05, 0) is 38.3 Å². The minimum absolute atomic E-state index is 0.0373. The Morgan fingerprint density at radius 1 is 1.25 bits per heavy atom. The summed E-state index contributed by atoms with van der Waals surface area (Å²) in [6.45, 7) is 3.23. The van der Waals surface area contributed by atoms with E-state index in [1.165, 1.54) is 0 Å². The van der Waals surface area contributed by atoms with E-state index >= 15 is 0 Å². The second-order valence-electron chi connectivity index (χ2n) is 6.51. The molecule has 0 bridgehead atoms. The molecule has 0 saturated carbocycles. The van der Waals surface area contributed by atoms with E-state index in [9.17, 15) is 14.4 Å². The van der Waals surface area contributed by atoms with Gasteiger partial charge in [-0.15, -0.1) is 0 Å². The second-order valence-corrected chi connectivity index (χ2v) is 6.51. The molecule has 1 aliphatic heterocycles. The molecule has 6 nitrogen and oxygen atoms in total. The highest BCUT2D eigenvalue weighted by Crippen LogP contribution is 2.30. The van der Waals surface area contributed by atoms with Crippen molar-refractivity contribution in [2.45, 2.75) is 32.6 Å². The summed E-state index contributed by atoms with van der Waals surface area (Å²) in [6, 6.07) is 9.07. The number of carboxylic acids is 1. The van der Waals surface area contributed by atoms with Crippen LogP contribution in [-0.4, -0.2) is 47.4 Å². The number of carbonyl (C=O) groups is 3. The molecule has 1 heterocycles. The van der Waals surface area contributed by atoms with Crippen molar-refractivity contribution in [3.8, 4) is 0 Å². The molecule has 0 spiro atoms. The summed E-state index contributed by atoms with van der Waals surface area (Å²) >= 11 is 0. The van der Waals surface area contributed by atoms with Crippen LogP contribution in [0.3, 0.4) is 0 Å². The third-order valence-electron chi connectivity index (χ3n) is 4.41. The first-order valence-corrected chi connectivity index (χ1v) is 8.27. The van der Waals surface area contributed by atoms with E-state index in [1.807, 2.05) is 25.1 Å². The van der Waals surface area contributed by atoms with Crippen LogP contribution in [0.4, 0.5) is 0 Å². The van der Waals surface area contributed by atoms with E-state index in [1.54, 1.807) is 17.0 Å². The number of benzene rings is 1. The lowest BCUT2D eigenvalue weighted by molar-refractivity contribution is -0.137.